The maximum Gasteiger partial charge on any atom is 0.302 e. The van der Waals surface area contributed by atoms with E-state index in [1.165, 1.54) is 28.6 Å². The minimum absolute atomic E-state index is 0.0216. The summed E-state index contributed by atoms with van der Waals surface area (Å²) in [4.78, 5) is 42.1. The van der Waals surface area contributed by atoms with E-state index in [9.17, 15) is 23.2 Å². The second-order valence-corrected chi connectivity index (χ2v) is 8.80. The Morgan fingerprint density at radius 3 is 2.40 bits per heavy atom. The van der Waals surface area contributed by atoms with Crippen LogP contribution in [0.25, 0.3) is 22.5 Å². The Kier molecular flexibility index (Phi) is 5.26. The number of halogens is 3. The zero-order valence-corrected chi connectivity index (χ0v) is 18.9. The van der Waals surface area contributed by atoms with E-state index in [4.69, 9.17) is 0 Å². The van der Waals surface area contributed by atoms with Gasteiger partial charge < -0.3 is 9.47 Å². The molecule has 1 N–H and O–H groups in total. The van der Waals surface area contributed by atoms with E-state index in [0.29, 0.717) is 11.3 Å². The van der Waals surface area contributed by atoms with Crippen LogP contribution in [-0.4, -0.2) is 38.2 Å². The Bertz CT molecular complexity index is 1380. The molecule has 180 valence electrons. The fourth-order valence-corrected chi connectivity index (χ4v) is 4.79. The Balaban J connectivity index is 1.61. The summed E-state index contributed by atoms with van der Waals surface area (Å²) in [6.45, 7) is 0.549. The smallest absolute Gasteiger partial charge is 0.302 e. The van der Waals surface area contributed by atoms with Gasteiger partial charge in [0.1, 0.15) is 11.9 Å². The van der Waals surface area contributed by atoms with Crippen molar-refractivity contribution in [2.75, 3.05) is 0 Å². The Morgan fingerprint density at radius 2 is 1.74 bits per heavy atom. The molecule has 1 aromatic heterocycles. The summed E-state index contributed by atoms with van der Waals surface area (Å²) in [5.41, 5.74) is 1.05. The second-order valence-electron chi connectivity index (χ2n) is 8.80. The lowest BCUT2D eigenvalue weighted by Gasteiger charge is -2.29. The number of aromatic nitrogens is 2. The van der Waals surface area contributed by atoms with E-state index >= 15 is 4.39 Å². The van der Waals surface area contributed by atoms with Gasteiger partial charge in [-0.25, -0.2) is 9.37 Å². The predicted octanol–water partition coefficient (Wildman–Crippen LogP) is 3.77. The number of fused-ring (bicyclic) bond motifs is 1. The monoisotopic (exact) mass is 482 g/mol. The first-order valence-corrected chi connectivity index (χ1v) is 11.0. The summed E-state index contributed by atoms with van der Waals surface area (Å²) in [7, 11) is 1.45. The van der Waals surface area contributed by atoms with Crippen LogP contribution in [0.2, 0.25) is 0 Å². The molecule has 2 aliphatic rings. The Hall–Kier alpha value is -3.95. The average molecular weight is 482 g/mol. The van der Waals surface area contributed by atoms with E-state index in [2.05, 4.69) is 10.3 Å². The molecule has 0 radical (unpaired) electrons. The number of carbonyl (C=O) groups excluding carboxylic acids is 3. The van der Waals surface area contributed by atoms with Crippen molar-refractivity contribution in [1.82, 2.24) is 19.8 Å². The van der Waals surface area contributed by atoms with E-state index in [1.54, 1.807) is 30.3 Å². The van der Waals surface area contributed by atoms with Gasteiger partial charge >= 0.3 is 5.92 Å². The van der Waals surface area contributed by atoms with Gasteiger partial charge in [0.05, 0.1) is 17.9 Å². The van der Waals surface area contributed by atoms with E-state index < -0.39 is 41.3 Å². The molecule has 0 bridgehead atoms. The number of hydrogen-bond donors (Lipinski definition) is 1. The predicted molar refractivity (Wildman–Crippen MR) is 120 cm³/mol. The fraction of sp³-hybridized carbons (Fsp3) is 0.280. The molecular formula is C25H21F3N4O3. The van der Waals surface area contributed by atoms with E-state index in [1.807, 2.05) is 0 Å². The minimum atomic E-state index is -3.28. The molecule has 3 aromatic rings. The molecule has 0 saturated carbocycles. The molecule has 0 spiro atoms. The van der Waals surface area contributed by atoms with Crippen molar-refractivity contribution in [3.05, 3.63) is 65.2 Å². The number of piperidine rings is 1. The van der Waals surface area contributed by atoms with Crippen molar-refractivity contribution in [3.63, 3.8) is 0 Å². The van der Waals surface area contributed by atoms with Crippen molar-refractivity contribution < 1.29 is 27.6 Å². The van der Waals surface area contributed by atoms with E-state index in [-0.39, 0.29) is 41.8 Å². The first kappa shape index (κ1) is 22.8. The van der Waals surface area contributed by atoms with Gasteiger partial charge in [0.25, 0.3) is 5.91 Å². The quantitative estimate of drug-likeness (QED) is 0.574. The van der Waals surface area contributed by atoms with Crippen LogP contribution in [0.3, 0.4) is 0 Å². The molecular weight excluding hydrogens is 461 g/mol. The highest BCUT2D eigenvalue weighted by Gasteiger charge is 2.41. The summed E-state index contributed by atoms with van der Waals surface area (Å²) in [6.07, 6.45) is 0.221. The van der Waals surface area contributed by atoms with Gasteiger partial charge in [0.15, 0.2) is 5.82 Å². The molecule has 10 heteroatoms. The lowest BCUT2D eigenvalue weighted by Crippen LogP contribution is -2.52. The number of hydrogen-bond acceptors (Lipinski definition) is 4. The highest BCUT2D eigenvalue weighted by Crippen LogP contribution is 2.40. The normalized spacial score (nSPS) is 18.1. The number of amides is 3. The lowest BCUT2D eigenvalue weighted by atomic mass is 9.99. The first-order chi connectivity index (χ1) is 16.6. The van der Waals surface area contributed by atoms with Gasteiger partial charge in [0.2, 0.25) is 11.8 Å². The van der Waals surface area contributed by atoms with Crippen LogP contribution in [-0.2, 0) is 29.1 Å². The molecule has 35 heavy (non-hydrogen) atoms. The maximum absolute atomic E-state index is 15.9. The summed E-state index contributed by atoms with van der Waals surface area (Å²) in [5.74, 6) is -6.10. The second kappa shape index (κ2) is 8.07. The maximum atomic E-state index is 15.9. The number of imidazole rings is 1. The molecule has 1 saturated heterocycles. The van der Waals surface area contributed by atoms with Crippen LogP contribution < -0.4 is 5.32 Å². The van der Waals surface area contributed by atoms with Crippen LogP contribution in [0, 0.1) is 5.82 Å². The molecule has 2 aromatic carbocycles. The topological polar surface area (TPSA) is 84.3 Å². The van der Waals surface area contributed by atoms with Crippen LogP contribution in [0.1, 0.15) is 41.5 Å². The van der Waals surface area contributed by atoms with Crippen LogP contribution in [0.15, 0.2) is 42.5 Å². The molecule has 1 atom stereocenters. The molecule has 3 amide bonds. The number of nitrogens with one attached hydrogen (secondary N) is 1. The SMILES string of the molecule is Cn1c(C(C)(F)F)nc(-c2ccc3c(c2F)CN(C2CCC(=O)NC2=O)C3=O)c1-c1ccccc1. The highest BCUT2D eigenvalue weighted by molar-refractivity contribution is 6.05. The number of carbonyl (C=O) groups is 3. The Labute approximate surface area is 198 Å². The average Bonchev–Trinajstić information content (AvgIpc) is 3.32. The van der Waals surface area contributed by atoms with E-state index in [0.717, 1.165) is 6.92 Å². The highest BCUT2D eigenvalue weighted by atomic mass is 19.3. The largest absolute Gasteiger partial charge is 0.326 e. The van der Waals surface area contributed by atoms with Crippen molar-refractivity contribution >= 4 is 17.7 Å². The number of benzene rings is 2. The molecule has 2 aliphatic heterocycles. The van der Waals surface area contributed by atoms with Gasteiger partial charge in [-0.05, 0) is 18.6 Å². The number of imide groups is 1. The van der Waals surface area contributed by atoms with Crippen LogP contribution in [0.5, 0.6) is 0 Å². The molecule has 1 unspecified atom stereocenters. The third-order valence-electron chi connectivity index (χ3n) is 6.44. The zero-order valence-electron chi connectivity index (χ0n) is 18.9. The molecule has 3 heterocycles. The first-order valence-electron chi connectivity index (χ1n) is 11.0. The van der Waals surface area contributed by atoms with Crippen molar-refractivity contribution in [1.29, 1.82) is 0 Å². The number of nitrogens with zero attached hydrogens (tertiary/aromatic N) is 3. The van der Waals surface area contributed by atoms with Crippen LogP contribution >= 0.6 is 0 Å². The summed E-state index contributed by atoms with van der Waals surface area (Å²) in [6, 6.07) is 10.6. The van der Waals surface area contributed by atoms with Gasteiger partial charge in [-0.3, -0.25) is 19.7 Å². The molecule has 7 nitrogen and oxygen atoms in total. The molecule has 1 fully saturated rings. The summed E-state index contributed by atoms with van der Waals surface area (Å²) < 4.78 is 45.8. The van der Waals surface area contributed by atoms with Crippen LogP contribution in [0.4, 0.5) is 13.2 Å². The lowest BCUT2D eigenvalue weighted by molar-refractivity contribution is -0.136. The Morgan fingerprint density at radius 1 is 1.06 bits per heavy atom. The third kappa shape index (κ3) is 3.69. The standard InChI is InChI=1S/C25H21F3N4O3/c1-25(27,28)24-30-20(21(31(24)2)13-6-4-3-5-7-13)15-9-8-14-16(19(15)26)12-32(23(14)35)17-10-11-18(33)29-22(17)34/h3-9,17H,10-12H2,1-2H3,(H,29,33,34). The fourth-order valence-electron chi connectivity index (χ4n) is 4.79. The third-order valence-corrected chi connectivity index (χ3v) is 6.44. The van der Waals surface area contributed by atoms with Gasteiger partial charge in [-0.1, -0.05) is 30.3 Å². The van der Waals surface area contributed by atoms with Crippen molar-refractivity contribution in [3.8, 4) is 22.5 Å². The summed E-state index contributed by atoms with van der Waals surface area (Å²) in [5, 5.41) is 2.20. The van der Waals surface area contributed by atoms with Gasteiger partial charge in [-0.2, -0.15) is 8.78 Å². The number of alkyl halides is 2. The summed E-state index contributed by atoms with van der Waals surface area (Å²) >= 11 is 0. The molecule has 5 rings (SSSR count). The molecule has 0 aliphatic carbocycles. The number of rotatable bonds is 4. The zero-order chi connectivity index (χ0) is 25.1. The minimum Gasteiger partial charge on any atom is -0.326 e. The van der Waals surface area contributed by atoms with Crippen molar-refractivity contribution in [2.45, 2.75) is 38.3 Å². The van der Waals surface area contributed by atoms with Gasteiger partial charge in [-0.15, -0.1) is 0 Å². The van der Waals surface area contributed by atoms with Crippen molar-refractivity contribution in [2.24, 2.45) is 7.05 Å². The van der Waals surface area contributed by atoms with Gasteiger partial charge in [0, 0.05) is 42.6 Å².